The van der Waals surface area contributed by atoms with Gasteiger partial charge in [0.1, 0.15) is 0 Å². The second-order valence-corrected chi connectivity index (χ2v) is 13.6. The molecule has 0 radical (unpaired) electrons. The quantitative estimate of drug-likeness (QED) is 0.196. The minimum atomic E-state index is -0.0532. The van der Waals surface area contributed by atoms with Gasteiger partial charge in [0, 0.05) is 42.5 Å². The summed E-state index contributed by atoms with van der Waals surface area (Å²) >= 11 is 1.91. The van der Waals surface area contributed by atoms with Gasteiger partial charge in [0.15, 0.2) is 0 Å². The van der Waals surface area contributed by atoms with Gasteiger partial charge in [0.25, 0.3) is 0 Å². The van der Waals surface area contributed by atoms with Crippen molar-refractivity contribution in [3.05, 3.63) is 163 Å². The van der Waals surface area contributed by atoms with Gasteiger partial charge in [-0.3, -0.25) is 0 Å². The monoisotopic (exact) mass is 593 g/mol. The largest absolute Gasteiger partial charge is 0.310 e. The lowest BCUT2D eigenvalue weighted by Gasteiger charge is -2.29. The molecule has 2 heteroatoms. The topological polar surface area (TPSA) is 3.24 Å². The molecule has 0 aliphatic heterocycles. The number of hydrogen-bond donors (Lipinski definition) is 0. The smallest absolute Gasteiger partial charge is 0.0543 e. The Labute approximate surface area is 267 Å². The van der Waals surface area contributed by atoms with Crippen molar-refractivity contribution in [3.8, 4) is 22.3 Å². The lowest BCUT2D eigenvalue weighted by Crippen LogP contribution is -2.16. The third-order valence-corrected chi connectivity index (χ3v) is 11.0. The van der Waals surface area contributed by atoms with E-state index in [2.05, 4.69) is 170 Å². The Morgan fingerprint density at radius 3 is 1.98 bits per heavy atom. The molecular formula is C43H31NS. The van der Waals surface area contributed by atoms with E-state index in [-0.39, 0.29) is 5.41 Å². The van der Waals surface area contributed by atoms with Crippen LogP contribution >= 0.6 is 11.3 Å². The van der Waals surface area contributed by atoms with E-state index in [0.29, 0.717) is 0 Å². The predicted octanol–water partition coefficient (Wildman–Crippen LogP) is 12.7. The van der Waals surface area contributed by atoms with Crippen molar-refractivity contribution in [2.75, 3.05) is 4.90 Å². The van der Waals surface area contributed by atoms with Crippen LogP contribution in [0.5, 0.6) is 0 Å². The van der Waals surface area contributed by atoms with Crippen LogP contribution in [0.4, 0.5) is 17.1 Å². The molecule has 1 aromatic heterocycles. The maximum Gasteiger partial charge on any atom is 0.0543 e. The molecule has 0 unspecified atom stereocenters. The third kappa shape index (κ3) is 3.92. The number of hydrogen-bond acceptors (Lipinski definition) is 2. The Balaban J connectivity index is 1.20. The van der Waals surface area contributed by atoms with Gasteiger partial charge in [-0.2, -0.15) is 0 Å². The second-order valence-electron chi connectivity index (χ2n) is 12.5. The summed E-state index contributed by atoms with van der Waals surface area (Å²) in [5, 5.41) is 5.29. The number of anilines is 3. The molecule has 1 nitrogen and oxygen atoms in total. The average molecular weight is 594 g/mol. The summed E-state index contributed by atoms with van der Waals surface area (Å²) in [5.74, 6) is 0. The minimum Gasteiger partial charge on any atom is -0.310 e. The van der Waals surface area contributed by atoms with Crippen molar-refractivity contribution in [2.24, 2.45) is 0 Å². The van der Waals surface area contributed by atoms with Gasteiger partial charge in [-0.25, -0.2) is 0 Å². The van der Waals surface area contributed by atoms with Gasteiger partial charge in [0.2, 0.25) is 0 Å². The highest BCUT2D eigenvalue weighted by atomic mass is 32.1. The molecule has 0 saturated carbocycles. The molecule has 0 N–H and O–H groups in total. The van der Waals surface area contributed by atoms with E-state index in [0.717, 1.165) is 11.4 Å². The first-order chi connectivity index (χ1) is 22.1. The minimum absolute atomic E-state index is 0.0532. The van der Waals surface area contributed by atoms with Gasteiger partial charge in [-0.15, -0.1) is 11.3 Å². The molecule has 0 fully saturated rings. The van der Waals surface area contributed by atoms with E-state index < -0.39 is 0 Å². The average Bonchev–Trinajstić information content (AvgIpc) is 3.59. The summed E-state index contributed by atoms with van der Waals surface area (Å²) in [6, 6.07) is 55.7. The van der Waals surface area contributed by atoms with E-state index >= 15 is 0 Å². The molecule has 1 aliphatic rings. The number of para-hydroxylation sites is 1. The standard InChI is InChI=1S/C43H31NS/c1-43(2)37-19-9-8-16-36(37)40-38(43)20-11-21-39(40)44(30-13-4-3-5-14-30)31-25-22-29(23-26-31)33-17-10-18-34-35-27-24-28-12-6-7-15-32(28)42(35)45-41(33)34/h3-27H,1-2H3. The van der Waals surface area contributed by atoms with Crippen molar-refractivity contribution in [1.29, 1.82) is 0 Å². The number of rotatable bonds is 4. The number of nitrogens with zero attached hydrogens (tertiary/aromatic N) is 1. The van der Waals surface area contributed by atoms with Crippen LogP contribution in [0.25, 0.3) is 53.2 Å². The zero-order chi connectivity index (χ0) is 30.1. The molecule has 45 heavy (non-hydrogen) atoms. The van der Waals surface area contributed by atoms with Crippen LogP contribution in [-0.2, 0) is 5.41 Å². The zero-order valence-corrected chi connectivity index (χ0v) is 26.1. The van der Waals surface area contributed by atoms with Gasteiger partial charge in [-0.05, 0) is 68.9 Å². The summed E-state index contributed by atoms with van der Waals surface area (Å²) in [6.07, 6.45) is 0. The maximum atomic E-state index is 2.42. The van der Waals surface area contributed by atoms with Crippen molar-refractivity contribution in [2.45, 2.75) is 19.3 Å². The van der Waals surface area contributed by atoms with Crippen molar-refractivity contribution < 1.29 is 0 Å². The van der Waals surface area contributed by atoms with Crippen molar-refractivity contribution >= 4 is 59.3 Å². The Morgan fingerprint density at radius 1 is 0.467 bits per heavy atom. The molecule has 1 aliphatic carbocycles. The van der Waals surface area contributed by atoms with Crippen LogP contribution in [-0.4, -0.2) is 0 Å². The Kier molecular flexibility index (Phi) is 5.78. The first kappa shape index (κ1) is 26.2. The lowest BCUT2D eigenvalue weighted by atomic mass is 9.82. The molecule has 0 saturated heterocycles. The van der Waals surface area contributed by atoms with E-state index in [4.69, 9.17) is 0 Å². The highest BCUT2D eigenvalue weighted by molar-refractivity contribution is 7.27. The summed E-state index contributed by atoms with van der Waals surface area (Å²) < 4.78 is 2.71. The van der Waals surface area contributed by atoms with Gasteiger partial charge >= 0.3 is 0 Å². The van der Waals surface area contributed by atoms with Gasteiger partial charge in [0.05, 0.1) is 5.69 Å². The predicted molar refractivity (Wildman–Crippen MR) is 195 cm³/mol. The van der Waals surface area contributed by atoms with Crippen LogP contribution in [0.3, 0.4) is 0 Å². The SMILES string of the molecule is CC1(C)c2ccccc2-c2c(N(c3ccccc3)c3ccc(-c4cccc5c4sc4c6ccccc6ccc54)cc3)cccc21. The van der Waals surface area contributed by atoms with Crippen LogP contribution in [0.1, 0.15) is 25.0 Å². The Hall–Kier alpha value is -5.18. The summed E-state index contributed by atoms with van der Waals surface area (Å²) in [6.45, 7) is 4.70. The Morgan fingerprint density at radius 2 is 1.11 bits per heavy atom. The van der Waals surface area contributed by atoms with Crippen LogP contribution in [0.2, 0.25) is 0 Å². The van der Waals surface area contributed by atoms with E-state index in [1.807, 2.05) is 11.3 Å². The third-order valence-electron chi connectivity index (χ3n) is 9.67. The fourth-order valence-electron chi connectivity index (χ4n) is 7.47. The molecule has 0 atom stereocenters. The first-order valence-electron chi connectivity index (χ1n) is 15.6. The second kappa shape index (κ2) is 9.92. The zero-order valence-electron chi connectivity index (χ0n) is 25.3. The van der Waals surface area contributed by atoms with Crippen molar-refractivity contribution in [3.63, 3.8) is 0 Å². The number of benzene rings is 7. The summed E-state index contributed by atoms with van der Waals surface area (Å²) in [5.41, 5.74) is 11.4. The molecular weight excluding hydrogens is 563 g/mol. The highest BCUT2D eigenvalue weighted by Crippen LogP contribution is 2.54. The number of fused-ring (bicyclic) bond motifs is 8. The fourth-order valence-corrected chi connectivity index (χ4v) is 8.84. The molecule has 8 aromatic rings. The molecule has 0 amide bonds. The van der Waals surface area contributed by atoms with Gasteiger partial charge in [-0.1, -0.05) is 135 Å². The fraction of sp³-hybridized carbons (Fsp3) is 0.0698. The van der Waals surface area contributed by atoms with E-state index in [1.54, 1.807) is 0 Å². The first-order valence-corrected chi connectivity index (χ1v) is 16.4. The highest BCUT2D eigenvalue weighted by Gasteiger charge is 2.37. The van der Waals surface area contributed by atoms with Crippen molar-refractivity contribution in [1.82, 2.24) is 0 Å². The molecule has 0 bridgehead atoms. The number of thiophene rings is 1. The molecule has 0 spiro atoms. The van der Waals surface area contributed by atoms with Crippen LogP contribution < -0.4 is 4.90 Å². The molecule has 1 heterocycles. The van der Waals surface area contributed by atoms with E-state index in [9.17, 15) is 0 Å². The summed E-state index contributed by atoms with van der Waals surface area (Å²) in [7, 11) is 0. The van der Waals surface area contributed by atoms with Crippen LogP contribution in [0, 0.1) is 0 Å². The van der Waals surface area contributed by atoms with Crippen LogP contribution in [0.15, 0.2) is 152 Å². The molecule has 9 rings (SSSR count). The van der Waals surface area contributed by atoms with E-state index in [1.165, 1.54) is 70.0 Å². The molecule has 214 valence electrons. The Bertz CT molecular complexity index is 2400. The van der Waals surface area contributed by atoms with Gasteiger partial charge < -0.3 is 4.90 Å². The normalized spacial score (nSPS) is 13.3. The maximum absolute atomic E-state index is 2.42. The summed E-state index contributed by atoms with van der Waals surface area (Å²) in [4.78, 5) is 2.42. The lowest BCUT2D eigenvalue weighted by molar-refractivity contribution is 0.660. The molecule has 7 aromatic carbocycles.